The lowest BCUT2D eigenvalue weighted by Crippen LogP contribution is -2.68. The van der Waals surface area contributed by atoms with Crippen LogP contribution in [-0.2, 0) is 4.79 Å². The lowest BCUT2D eigenvalue weighted by atomic mass is 9.31. The predicted molar refractivity (Wildman–Crippen MR) is 125 cm³/mol. The van der Waals surface area contributed by atoms with E-state index in [2.05, 4.69) is 40.7 Å². The molecule has 4 aliphatic carbocycles. The summed E-state index contributed by atoms with van der Waals surface area (Å²) in [7, 11) is 0. The molecule has 0 aromatic rings. The minimum atomic E-state index is -4.57. The third kappa shape index (κ3) is 3.05. The van der Waals surface area contributed by atoms with Crippen molar-refractivity contribution >= 4 is 6.29 Å². The lowest BCUT2D eigenvalue weighted by molar-refractivity contribution is -0.318. The molecule has 1 N–H and O–H groups in total. The minimum Gasteiger partial charge on any atom is -0.380 e. The monoisotopic (exact) mass is 468 g/mol. The average molecular weight is 469 g/mol. The summed E-state index contributed by atoms with van der Waals surface area (Å²) in [4.78, 5) is 11.0. The Kier molecular flexibility index (Phi) is 5.61. The van der Waals surface area contributed by atoms with Gasteiger partial charge in [0.25, 0.3) is 0 Å². The number of rotatable bonds is 3. The highest BCUT2D eigenvalue weighted by molar-refractivity contribution is 5.52. The SMILES string of the molecule is C/C(=C\CC=O)[C@H]1CC[C@@]2(C)[C@@H]3CC[C@@]4(C)C[C@@](O)(C(F)(F)F)CC[C@]4(C)[C@@]3(C)CC[C@]12C. The zero-order chi connectivity index (χ0) is 24.7. The molecule has 0 saturated heterocycles. The second-order valence-corrected chi connectivity index (χ2v) is 13.4. The molecule has 4 fully saturated rings. The highest BCUT2D eigenvalue weighted by Gasteiger charge is 2.74. The van der Waals surface area contributed by atoms with Gasteiger partial charge in [-0.25, -0.2) is 0 Å². The molecule has 4 rings (SSSR count). The number of carbonyl (C=O) groups is 1. The maximum Gasteiger partial charge on any atom is 0.417 e. The Morgan fingerprint density at radius 3 is 2.15 bits per heavy atom. The van der Waals surface area contributed by atoms with E-state index in [9.17, 15) is 23.1 Å². The Morgan fingerprint density at radius 2 is 1.55 bits per heavy atom. The van der Waals surface area contributed by atoms with Crippen molar-refractivity contribution in [1.82, 2.24) is 0 Å². The first-order chi connectivity index (χ1) is 15.0. The second kappa shape index (κ2) is 7.34. The molecule has 8 atom stereocenters. The number of halogens is 3. The molecule has 0 aromatic carbocycles. The van der Waals surface area contributed by atoms with Crippen molar-refractivity contribution in [2.45, 2.75) is 118 Å². The number of carbonyl (C=O) groups excluding carboxylic acids is 1. The van der Waals surface area contributed by atoms with Crippen LogP contribution in [0.25, 0.3) is 0 Å². The Hall–Kier alpha value is -0.840. The van der Waals surface area contributed by atoms with Crippen LogP contribution < -0.4 is 0 Å². The first-order valence-electron chi connectivity index (χ1n) is 12.9. The summed E-state index contributed by atoms with van der Waals surface area (Å²) in [6.07, 6.45) is 5.08. The van der Waals surface area contributed by atoms with Crippen LogP contribution in [-0.4, -0.2) is 23.2 Å². The Bertz CT molecular complexity index is 851. The maximum absolute atomic E-state index is 13.8. The van der Waals surface area contributed by atoms with Gasteiger partial charge >= 0.3 is 6.18 Å². The Balaban J connectivity index is 1.71. The normalized spacial score (nSPS) is 52.6. The molecule has 4 saturated carbocycles. The van der Waals surface area contributed by atoms with Crippen molar-refractivity contribution in [3.8, 4) is 0 Å². The minimum absolute atomic E-state index is 0.0451. The van der Waals surface area contributed by atoms with E-state index in [4.69, 9.17) is 0 Å². The van der Waals surface area contributed by atoms with Crippen LogP contribution in [0.15, 0.2) is 11.6 Å². The number of allylic oxidation sites excluding steroid dienone is 2. The molecule has 0 heterocycles. The van der Waals surface area contributed by atoms with Crippen molar-refractivity contribution in [3.63, 3.8) is 0 Å². The van der Waals surface area contributed by atoms with Gasteiger partial charge in [0, 0.05) is 6.42 Å². The summed E-state index contributed by atoms with van der Waals surface area (Å²) in [5, 5.41) is 10.7. The lowest BCUT2D eigenvalue weighted by Gasteiger charge is -2.73. The van der Waals surface area contributed by atoms with E-state index in [-0.39, 0.29) is 34.5 Å². The van der Waals surface area contributed by atoms with Gasteiger partial charge in [0.1, 0.15) is 6.29 Å². The van der Waals surface area contributed by atoms with Crippen LogP contribution in [0.5, 0.6) is 0 Å². The average Bonchev–Trinajstić information content (AvgIpc) is 2.99. The first kappa shape index (κ1) is 25.3. The number of aldehydes is 1. The zero-order valence-corrected chi connectivity index (χ0v) is 21.4. The Labute approximate surface area is 197 Å². The van der Waals surface area contributed by atoms with Gasteiger partial charge in [-0.1, -0.05) is 46.3 Å². The fourth-order valence-electron chi connectivity index (χ4n) is 10.0. The van der Waals surface area contributed by atoms with Crippen molar-refractivity contribution in [3.05, 3.63) is 11.6 Å². The predicted octanol–water partition coefficient (Wildman–Crippen LogP) is 7.64. The molecule has 0 spiro atoms. The summed E-state index contributed by atoms with van der Waals surface area (Å²) < 4.78 is 41.5. The van der Waals surface area contributed by atoms with E-state index in [1.807, 2.05) is 6.92 Å². The molecule has 0 aromatic heterocycles. The number of alkyl halides is 3. The van der Waals surface area contributed by atoms with Crippen LogP contribution in [0, 0.1) is 38.9 Å². The van der Waals surface area contributed by atoms with E-state index >= 15 is 0 Å². The van der Waals surface area contributed by atoms with Gasteiger partial charge in [-0.3, -0.25) is 0 Å². The van der Waals surface area contributed by atoms with Gasteiger partial charge in [0.05, 0.1) is 0 Å². The third-order valence-corrected chi connectivity index (χ3v) is 12.6. The van der Waals surface area contributed by atoms with Crippen LogP contribution in [0.4, 0.5) is 13.2 Å². The van der Waals surface area contributed by atoms with E-state index in [1.165, 1.54) is 5.57 Å². The van der Waals surface area contributed by atoms with Crippen LogP contribution in [0.3, 0.4) is 0 Å². The molecule has 0 unspecified atom stereocenters. The maximum atomic E-state index is 13.8. The van der Waals surface area contributed by atoms with Gasteiger partial charge in [-0.05, 0) is 104 Å². The number of hydrogen-bond donors (Lipinski definition) is 1. The fourth-order valence-corrected chi connectivity index (χ4v) is 10.0. The largest absolute Gasteiger partial charge is 0.417 e. The van der Waals surface area contributed by atoms with Crippen LogP contribution >= 0.6 is 0 Å². The molecule has 0 aliphatic heterocycles. The quantitative estimate of drug-likeness (QED) is 0.341. The van der Waals surface area contributed by atoms with Gasteiger partial charge in [0.15, 0.2) is 5.60 Å². The van der Waals surface area contributed by atoms with Crippen molar-refractivity contribution in [2.75, 3.05) is 0 Å². The molecule has 33 heavy (non-hydrogen) atoms. The summed E-state index contributed by atoms with van der Waals surface area (Å²) in [6.45, 7) is 13.7. The fraction of sp³-hybridized carbons (Fsp3) is 0.893. The highest BCUT2D eigenvalue weighted by Crippen LogP contribution is 2.80. The van der Waals surface area contributed by atoms with Crippen LogP contribution in [0.1, 0.15) is 106 Å². The summed E-state index contributed by atoms with van der Waals surface area (Å²) in [5.41, 5.74) is -1.76. The molecule has 0 bridgehead atoms. The standard InChI is InChI=1S/C28H43F3O2/c1-19(8-7-17-32)20-9-12-24(4)21-10-11-22(2)18-27(33,28(29,30)31)16-15-26(22,6)25(21,5)14-13-23(20,24)3/h8,17,20-21,33H,7,9-16,18H2,1-6H3/b19-8+/t20-,21+,22+,23-,24+,25+,26+,27-/m1/s1. The van der Waals surface area contributed by atoms with E-state index in [0.717, 1.165) is 44.8 Å². The number of aliphatic hydroxyl groups is 1. The number of fused-ring (bicyclic) bond motifs is 5. The first-order valence-corrected chi connectivity index (χ1v) is 12.9. The molecular formula is C28H43F3O2. The molecule has 0 radical (unpaired) electrons. The second-order valence-electron chi connectivity index (χ2n) is 13.4. The molecule has 5 heteroatoms. The molecule has 2 nitrogen and oxygen atoms in total. The van der Waals surface area contributed by atoms with E-state index in [1.54, 1.807) is 0 Å². The molecule has 188 valence electrons. The summed E-state index contributed by atoms with van der Waals surface area (Å²) >= 11 is 0. The molecule has 4 aliphatic rings. The van der Waals surface area contributed by atoms with Crippen LogP contribution in [0.2, 0.25) is 0 Å². The third-order valence-electron chi connectivity index (χ3n) is 12.6. The smallest absolute Gasteiger partial charge is 0.380 e. The Morgan fingerprint density at radius 1 is 0.909 bits per heavy atom. The topological polar surface area (TPSA) is 37.3 Å². The van der Waals surface area contributed by atoms with Gasteiger partial charge in [-0.2, -0.15) is 13.2 Å². The van der Waals surface area contributed by atoms with Gasteiger partial charge in [0.2, 0.25) is 0 Å². The van der Waals surface area contributed by atoms with E-state index < -0.39 is 17.2 Å². The van der Waals surface area contributed by atoms with Crippen molar-refractivity contribution < 1.29 is 23.1 Å². The van der Waals surface area contributed by atoms with Crippen molar-refractivity contribution in [1.29, 1.82) is 0 Å². The summed E-state index contributed by atoms with van der Waals surface area (Å²) in [6, 6.07) is 0. The highest BCUT2D eigenvalue weighted by atomic mass is 19.4. The molecule has 0 amide bonds. The molecular weight excluding hydrogens is 425 g/mol. The zero-order valence-electron chi connectivity index (χ0n) is 21.4. The van der Waals surface area contributed by atoms with Gasteiger partial charge in [-0.15, -0.1) is 0 Å². The van der Waals surface area contributed by atoms with Crippen molar-refractivity contribution in [2.24, 2.45) is 38.9 Å². The number of hydrogen-bond acceptors (Lipinski definition) is 2. The van der Waals surface area contributed by atoms with Gasteiger partial charge < -0.3 is 9.90 Å². The summed E-state index contributed by atoms with van der Waals surface area (Å²) in [5.74, 6) is 0.928. The van der Waals surface area contributed by atoms with E-state index in [0.29, 0.717) is 24.7 Å².